The lowest BCUT2D eigenvalue weighted by molar-refractivity contribution is -0.299. The summed E-state index contributed by atoms with van der Waals surface area (Å²) in [4.78, 5) is 10.2. The first-order valence-corrected chi connectivity index (χ1v) is 6.47. The van der Waals surface area contributed by atoms with Gasteiger partial charge in [-0.3, -0.25) is 4.79 Å². The summed E-state index contributed by atoms with van der Waals surface area (Å²) in [5.74, 6) is -0.267. The Hall–Kier alpha value is -2.50. The second-order valence-corrected chi connectivity index (χ2v) is 4.89. The Kier molecular flexibility index (Phi) is 5.89. The van der Waals surface area contributed by atoms with E-state index in [0.29, 0.717) is 5.69 Å². The first-order valence-electron chi connectivity index (χ1n) is 6.47. The van der Waals surface area contributed by atoms with Gasteiger partial charge in [-0.1, -0.05) is 0 Å². The maximum Gasteiger partial charge on any atom is 0.573 e. The number of benzene rings is 1. The van der Waals surface area contributed by atoms with Crippen molar-refractivity contribution in [3.8, 4) is 5.75 Å². The molecule has 0 aromatic heterocycles. The van der Waals surface area contributed by atoms with Gasteiger partial charge in [0.15, 0.2) is 0 Å². The van der Waals surface area contributed by atoms with Crippen molar-refractivity contribution >= 4 is 17.8 Å². The van der Waals surface area contributed by atoms with Crippen LogP contribution in [0.5, 0.6) is 5.75 Å². The predicted octanol–water partition coefficient (Wildman–Crippen LogP) is 2.64. The zero-order valence-corrected chi connectivity index (χ0v) is 12.6. The zero-order chi connectivity index (χ0) is 19.5. The van der Waals surface area contributed by atoms with Crippen LogP contribution in [0, 0.1) is 0 Å². The molecule has 140 valence electrons. The van der Waals surface area contributed by atoms with Crippen molar-refractivity contribution in [1.29, 1.82) is 0 Å². The molecule has 12 heteroatoms. The summed E-state index contributed by atoms with van der Waals surface area (Å²) in [5.41, 5.74) is 2.54. The van der Waals surface area contributed by atoms with Gasteiger partial charge in [-0.25, -0.2) is 0 Å². The molecule has 1 aliphatic rings. The molecule has 25 heavy (non-hydrogen) atoms. The van der Waals surface area contributed by atoms with E-state index in [9.17, 15) is 31.1 Å². The highest BCUT2D eigenvalue weighted by atomic mass is 19.4. The fraction of sp³-hybridized carbons (Fsp3) is 0.385. The molecule has 1 aromatic rings. The van der Waals surface area contributed by atoms with Crippen LogP contribution in [0.4, 0.5) is 32.0 Å². The molecular weight excluding hydrogens is 360 g/mol. The molecule has 0 aliphatic carbocycles. The fourth-order valence-electron chi connectivity index (χ4n) is 1.75. The Morgan fingerprint density at radius 2 is 1.76 bits per heavy atom. The minimum absolute atomic E-state index is 0.0116. The number of hydrazone groups is 1. The summed E-state index contributed by atoms with van der Waals surface area (Å²) in [5, 5.41) is 12.3. The van der Waals surface area contributed by atoms with Crippen LogP contribution < -0.4 is 10.5 Å². The summed E-state index contributed by atoms with van der Waals surface area (Å²) in [6.45, 7) is 1.31. The first-order chi connectivity index (χ1) is 11.3. The van der Waals surface area contributed by atoms with Crippen LogP contribution in [-0.4, -0.2) is 40.5 Å². The summed E-state index contributed by atoms with van der Waals surface area (Å²) >= 11 is 0. The third-order valence-electron chi connectivity index (χ3n) is 2.83. The molecule has 1 unspecified atom stereocenters. The van der Waals surface area contributed by atoms with E-state index in [2.05, 4.69) is 9.84 Å². The quantitative estimate of drug-likeness (QED) is 0.474. The largest absolute Gasteiger partial charge is 0.573 e. The molecule has 1 atom stereocenters. The number of hydrogen-bond donors (Lipinski definition) is 2. The van der Waals surface area contributed by atoms with E-state index in [-0.39, 0.29) is 22.9 Å². The van der Waals surface area contributed by atoms with Crippen LogP contribution in [0.15, 0.2) is 29.4 Å². The van der Waals surface area contributed by atoms with Crippen LogP contribution in [0.1, 0.15) is 13.3 Å². The molecule has 3 N–H and O–H groups in total. The van der Waals surface area contributed by atoms with Crippen molar-refractivity contribution in [3.63, 3.8) is 0 Å². The predicted molar refractivity (Wildman–Crippen MR) is 74.2 cm³/mol. The number of nitrogens with two attached hydrogens (primary N) is 1. The van der Waals surface area contributed by atoms with Crippen LogP contribution in [-0.2, 0) is 4.79 Å². The second kappa shape index (κ2) is 7.17. The maximum atomic E-state index is 12.2. The van der Waals surface area contributed by atoms with E-state index in [4.69, 9.17) is 10.8 Å². The highest BCUT2D eigenvalue weighted by Crippen LogP contribution is 2.39. The van der Waals surface area contributed by atoms with E-state index in [1.54, 1.807) is 0 Å². The van der Waals surface area contributed by atoms with Gasteiger partial charge >= 0.3 is 12.5 Å². The van der Waals surface area contributed by atoms with Crippen molar-refractivity contribution in [2.45, 2.75) is 31.6 Å². The fourth-order valence-corrected chi connectivity index (χ4v) is 1.75. The van der Waals surface area contributed by atoms with E-state index in [1.807, 2.05) is 0 Å². The van der Waals surface area contributed by atoms with Gasteiger partial charge < -0.3 is 15.6 Å². The van der Waals surface area contributed by atoms with Crippen molar-refractivity contribution < 1.29 is 41.0 Å². The SMILES string of the molecule is CC1=NN(C=O)C(O)(C(F)(F)F)C1.Nc1ccc(OC(F)(F)F)cc1. The molecule has 1 aromatic carbocycles. The molecule has 0 saturated heterocycles. The van der Waals surface area contributed by atoms with Gasteiger partial charge in [0.2, 0.25) is 6.41 Å². The van der Waals surface area contributed by atoms with Crippen molar-refractivity contribution in [3.05, 3.63) is 24.3 Å². The van der Waals surface area contributed by atoms with E-state index >= 15 is 0 Å². The molecule has 1 amide bonds. The molecule has 0 radical (unpaired) electrons. The molecule has 0 bridgehead atoms. The van der Waals surface area contributed by atoms with Gasteiger partial charge in [-0.2, -0.15) is 23.3 Å². The standard InChI is InChI=1S/C7H6F3NO.C6H7F3N2O2/c8-7(9,10)12-6-3-1-5(11)2-4-6;1-4-2-5(13,6(7,8)9)11(3-12)10-4/h1-4H,11H2;3,13H,2H2,1H3. The number of nitrogen functional groups attached to an aromatic ring is 1. The summed E-state index contributed by atoms with van der Waals surface area (Å²) in [7, 11) is 0. The minimum Gasteiger partial charge on any atom is -0.406 e. The number of amides is 1. The Bertz CT molecular complexity index is 629. The number of ether oxygens (including phenoxy) is 1. The number of carbonyl (C=O) groups is 1. The summed E-state index contributed by atoms with van der Waals surface area (Å²) in [6, 6.07) is 4.98. The molecule has 0 fully saturated rings. The van der Waals surface area contributed by atoms with Crippen molar-refractivity contribution in [2.75, 3.05) is 5.73 Å². The number of halogens is 6. The minimum atomic E-state index is -4.89. The van der Waals surface area contributed by atoms with Gasteiger partial charge in [-0.15, -0.1) is 13.2 Å². The number of nitrogens with zero attached hydrogens (tertiary/aromatic N) is 2. The smallest absolute Gasteiger partial charge is 0.406 e. The molecule has 1 aliphatic heterocycles. The lowest BCUT2D eigenvalue weighted by atomic mass is 10.1. The zero-order valence-electron chi connectivity index (χ0n) is 12.6. The first kappa shape index (κ1) is 20.5. The van der Waals surface area contributed by atoms with Crippen LogP contribution in [0.25, 0.3) is 0 Å². The molecular formula is C13H13F6N3O3. The van der Waals surface area contributed by atoms with Gasteiger partial charge in [0.05, 0.1) is 0 Å². The number of anilines is 1. The second-order valence-electron chi connectivity index (χ2n) is 4.89. The Balaban J connectivity index is 0.000000251. The summed E-state index contributed by atoms with van der Waals surface area (Å²) in [6.07, 6.45) is -10.4. The van der Waals surface area contributed by atoms with Crippen molar-refractivity contribution in [2.24, 2.45) is 5.10 Å². The number of rotatable bonds is 2. The van der Waals surface area contributed by atoms with Crippen molar-refractivity contribution in [1.82, 2.24) is 5.01 Å². The van der Waals surface area contributed by atoms with Gasteiger partial charge in [0.1, 0.15) is 5.75 Å². The monoisotopic (exact) mass is 373 g/mol. The van der Waals surface area contributed by atoms with E-state index in [1.165, 1.54) is 19.1 Å². The highest BCUT2D eigenvalue weighted by molar-refractivity contribution is 5.85. The maximum absolute atomic E-state index is 12.2. The van der Waals surface area contributed by atoms with Crippen LogP contribution >= 0.6 is 0 Å². The lowest BCUT2D eigenvalue weighted by Gasteiger charge is -2.29. The van der Waals surface area contributed by atoms with Gasteiger partial charge in [-0.05, 0) is 31.2 Å². The molecule has 6 nitrogen and oxygen atoms in total. The Morgan fingerprint density at radius 1 is 1.24 bits per heavy atom. The molecule has 1 heterocycles. The third-order valence-corrected chi connectivity index (χ3v) is 2.83. The van der Waals surface area contributed by atoms with E-state index < -0.39 is 24.7 Å². The highest BCUT2D eigenvalue weighted by Gasteiger charge is 2.61. The van der Waals surface area contributed by atoms with Crippen LogP contribution in [0.2, 0.25) is 0 Å². The average Bonchev–Trinajstić information content (AvgIpc) is 2.76. The van der Waals surface area contributed by atoms with Gasteiger partial charge in [0.25, 0.3) is 5.72 Å². The number of carbonyl (C=O) groups excluding carboxylic acids is 1. The summed E-state index contributed by atoms with van der Waals surface area (Å²) < 4.78 is 75.1. The Morgan fingerprint density at radius 3 is 2.12 bits per heavy atom. The topological polar surface area (TPSA) is 88.2 Å². The number of alkyl halides is 6. The average molecular weight is 373 g/mol. The third kappa shape index (κ3) is 5.52. The lowest BCUT2D eigenvalue weighted by Crippen LogP contribution is -2.54. The normalized spacial score (nSPS) is 20.5. The number of hydrogen-bond acceptors (Lipinski definition) is 5. The molecule has 0 saturated carbocycles. The Labute approximate surface area is 137 Å². The van der Waals surface area contributed by atoms with Gasteiger partial charge in [0, 0.05) is 17.8 Å². The number of aliphatic hydroxyl groups is 1. The molecule has 2 rings (SSSR count). The van der Waals surface area contributed by atoms with Crippen LogP contribution in [0.3, 0.4) is 0 Å². The van der Waals surface area contributed by atoms with E-state index in [0.717, 1.165) is 12.1 Å². The molecule has 0 spiro atoms.